The van der Waals surface area contributed by atoms with Crippen LogP contribution in [0.2, 0.25) is 0 Å². The maximum atomic E-state index is 12.0. The van der Waals surface area contributed by atoms with Crippen molar-refractivity contribution < 1.29 is 9.59 Å². The van der Waals surface area contributed by atoms with Crippen LogP contribution in [0.25, 0.3) is 0 Å². The second-order valence-corrected chi connectivity index (χ2v) is 5.76. The van der Waals surface area contributed by atoms with Crippen LogP contribution in [0.5, 0.6) is 0 Å². The van der Waals surface area contributed by atoms with Crippen molar-refractivity contribution in [1.29, 1.82) is 0 Å². The van der Waals surface area contributed by atoms with Crippen LogP contribution in [-0.4, -0.2) is 11.8 Å². The maximum Gasteiger partial charge on any atom is 0.265 e. The Labute approximate surface area is 128 Å². The maximum absolute atomic E-state index is 12.0. The molecule has 0 aliphatic carbocycles. The second kappa shape index (κ2) is 7.04. The van der Waals surface area contributed by atoms with Crippen LogP contribution in [0.3, 0.4) is 0 Å². The molecule has 0 aliphatic heterocycles. The average molecular weight is 302 g/mol. The molecule has 0 aliphatic rings. The zero-order valence-corrected chi connectivity index (χ0v) is 12.9. The minimum atomic E-state index is -0.143. The summed E-state index contributed by atoms with van der Waals surface area (Å²) in [5, 5.41) is 7.53. The van der Waals surface area contributed by atoms with Crippen molar-refractivity contribution in [2.75, 3.05) is 10.6 Å². The first kappa shape index (κ1) is 15.3. The van der Waals surface area contributed by atoms with Gasteiger partial charge in [0.05, 0.1) is 4.88 Å². The van der Waals surface area contributed by atoms with Gasteiger partial charge < -0.3 is 10.6 Å². The number of hydrogen-bond donors (Lipinski definition) is 2. The molecule has 0 fully saturated rings. The smallest absolute Gasteiger partial charge is 0.265 e. The van der Waals surface area contributed by atoms with Crippen molar-refractivity contribution in [3.05, 3.63) is 46.7 Å². The molecule has 1 unspecified atom stereocenters. The standard InChI is InChI=1S/C16H18N2O2S/c1-3-11(2)15(19)17-12-6-4-7-13(10-12)18-16(20)14-8-5-9-21-14/h4-11H,3H2,1-2H3,(H,17,19)(H,18,20). The lowest BCUT2D eigenvalue weighted by molar-refractivity contribution is -0.119. The molecule has 1 aromatic carbocycles. The number of amides is 2. The molecule has 21 heavy (non-hydrogen) atoms. The van der Waals surface area contributed by atoms with Gasteiger partial charge in [0.15, 0.2) is 0 Å². The molecular formula is C16H18N2O2S. The first-order valence-electron chi connectivity index (χ1n) is 6.86. The Bertz CT molecular complexity index is 623. The monoisotopic (exact) mass is 302 g/mol. The predicted octanol–water partition coefficient (Wildman–Crippen LogP) is 3.99. The molecular weight excluding hydrogens is 284 g/mol. The number of hydrogen-bond acceptors (Lipinski definition) is 3. The lowest BCUT2D eigenvalue weighted by Gasteiger charge is -2.11. The Morgan fingerprint density at radius 1 is 1.14 bits per heavy atom. The highest BCUT2D eigenvalue weighted by molar-refractivity contribution is 7.12. The van der Waals surface area contributed by atoms with E-state index in [2.05, 4.69) is 10.6 Å². The molecule has 1 atom stereocenters. The fourth-order valence-corrected chi connectivity index (χ4v) is 2.34. The molecule has 2 aromatic rings. The van der Waals surface area contributed by atoms with Crippen LogP contribution in [0, 0.1) is 5.92 Å². The number of nitrogens with one attached hydrogen (secondary N) is 2. The van der Waals surface area contributed by atoms with Crippen LogP contribution in [0.4, 0.5) is 11.4 Å². The topological polar surface area (TPSA) is 58.2 Å². The summed E-state index contributed by atoms with van der Waals surface area (Å²) in [5.74, 6) is -0.191. The van der Waals surface area contributed by atoms with Crippen LogP contribution >= 0.6 is 11.3 Å². The molecule has 110 valence electrons. The van der Waals surface area contributed by atoms with Crippen molar-refractivity contribution in [1.82, 2.24) is 0 Å². The quantitative estimate of drug-likeness (QED) is 0.877. The van der Waals surface area contributed by atoms with E-state index >= 15 is 0 Å². The van der Waals surface area contributed by atoms with Crippen molar-refractivity contribution in [2.45, 2.75) is 20.3 Å². The summed E-state index contributed by atoms with van der Waals surface area (Å²) in [4.78, 5) is 24.5. The molecule has 1 aromatic heterocycles. The number of rotatable bonds is 5. The zero-order chi connectivity index (χ0) is 15.2. The molecule has 4 nitrogen and oxygen atoms in total. The first-order chi connectivity index (χ1) is 10.1. The van der Waals surface area contributed by atoms with E-state index in [0.717, 1.165) is 6.42 Å². The molecule has 0 saturated heterocycles. The summed E-state index contributed by atoms with van der Waals surface area (Å²) in [6.07, 6.45) is 0.792. The first-order valence-corrected chi connectivity index (χ1v) is 7.74. The lowest BCUT2D eigenvalue weighted by atomic mass is 10.1. The van der Waals surface area contributed by atoms with Crippen LogP contribution in [-0.2, 0) is 4.79 Å². The normalized spacial score (nSPS) is 11.7. The average Bonchev–Trinajstić information content (AvgIpc) is 3.01. The molecule has 0 bridgehead atoms. The summed E-state index contributed by atoms with van der Waals surface area (Å²) in [7, 11) is 0. The van der Waals surface area contributed by atoms with E-state index in [1.807, 2.05) is 25.3 Å². The van der Waals surface area contributed by atoms with Crippen molar-refractivity contribution in [3.8, 4) is 0 Å². The van der Waals surface area contributed by atoms with Crippen molar-refractivity contribution >= 4 is 34.5 Å². The van der Waals surface area contributed by atoms with Crippen molar-refractivity contribution in [2.24, 2.45) is 5.92 Å². The van der Waals surface area contributed by atoms with E-state index in [1.165, 1.54) is 11.3 Å². The summed E-state index contributed by atoms with van der Waals surface area (Å²) >= 11 is 1.39. The van der Waals surface area contributed by atoms with Crippen LogP contribution < -0.4 is 10.6 Å². The highest BCUT2D eigenvalue weighted by Crippen LogP contribution is 2.18. The zero-order valence-electron chi connectivity index (χ0n) is 12.1. The highest BCUT2D eigenvalue weighted by atomic mass is 32.1. The SMILES string of the molecule is CCC(C)C(=O)Nc1cccc(NC(=O)c2cccs2)c1. The van der Waals surface area contributed by atoms with E-state index in [4.69, 9.17) is 0 Å². The third kappa shape index (κ3) is 4.16. The number of anilines is 2. The Hall–Kier alpha value is -2.14. The van der Waals surface area contributed by atoms with Crippen LogP contribution in [0.1, 0.15) is 29.9 Å². The molecule has 1 heterocycles. The van der Waals surface area contributed by atoms with Gasteiger partial charge in [0.2, 0.25) is 5.91 Å². The van der Waals surface area contributed by atoms with Gasteiger partial charge in [-0.3, -0.25) is 9.59 Å². The minimum Gasteiger partial charge on any atom is -0.326 e. The molecule has 0 saturated carbocycles. The second-order valence-electron chi connectivity index (χ2n) is 4.81. The number of carbonyl (C=O) groups is 2. The third-order valence-electron chi connectivity index (χ3n) is 3.19. The van der Waals surface area contributed by atoms with Gasteiger partial charge in [-0.05, 0) is 36.1 Å². The summed E-state index contributed by atoms with van der Waals surface area (Å²) in [5.41, 5.74) is 1.35. The Balaban J connectivity index is 2.04. The molecule has 0 spiro atoms. The molecule has 0 radical (unpaired) electrons. The van der Waals surface area contributed by atoms with Gasteiger partial charge in [-0.1, -0.05) is 26.0 Å². The summed E-state index contributed by atoms with van der Waals surface area (Å²) < 4.78 is 0. The van der Waals surface area contributed by atoms with Gasteiger partial charge in [-0.2, -0.15) is 0 Å². The predicted molar refractivity (Wildman–Crippen MR) is 86.8 cm³/mol. The third-order valence-corrected chi connectivity index (χ3v) is 4.06. The number of thiophene rings is 1. The largest absolute Gasteiger partial charge is 0.326 e. The molecule has 2 rings (SSSR count). The fraction of sp³-hybridized carbons (Fsp3) is 0.250. The summed E-state index contributed by atoms with van der Waals surface area (Å²) in [6.45, 7) is 3.86. The molecule has 5 heteroatoms. The number of carbonyl (C=O) groups excluding carboxylic acids is 2. The highest BCUT2D eigenvalue weighted by Gasteiger charge is 2.11. The van der Waals surface area contributed by atoms with E-state index in [1.54, 1.807) is 30.3 Å². The minimum absolute atomic E-state index is 0.0146. The lowest BCUT2D eigenvalue weighted by Crippen LogP contribution is -2.19. The Morgan fingerprint density at radius 2 is 1.86 bits per heavy atom. The Kier molecular flexibility index (Phi) is 5.11. The van der Waals surface area contributed by atoms with E-state index in [-0.39, 0.29) is 17.7 Å². The van der Waals surface area contributed by atoms with Gasteiger partial charge >= 0.3 is 0 Å². The molecule has 2 N–H and O–H groups in total. The van der Waals surface area contributed by atoms with Gasteiger partial charge in [-0.15, -0.1) is 11.3 Å². The summed E-state index contributed by atoms with van der Waals surface area (Å²) in [6, 6.07) is 10.8. The number of benzene rings is 1. The van der Waals surface area contributed by atoms with Gasteiger partial charge in [-0.25, -0.2) is 0 Å². The van der Waals surface area contributed by atoms with Gasteiger partial charge in [0.25, 0.3) is 5.91 Å². The van der Waals surface area contributed by atoms with E-state index in [9.17, 15) is 9.59 Å². The fourth-order valence-electron chi connectivity index (χ4n) is 1.73. The van der Waals surface area contributed by atoms with Crippen molar-refractivity contribution in [3.63, 3.8) is 0 Å². The Morgan fingerprint density at radius 3 is 2.48 bits per heavy atom. The van der Waals surface area contributed by atoms with Crippen LogP contribution in [0.15, 0.2) is 41.8 Å². The molecule has 2 amide bonds. The van der Waals surface area contributed by atoms with E-state index < -0.39 is 0 Å². The van der Waals surface area contributed by atoms with Gasteiger partial charge in [0.1, 0.15) is 0 Å². The van der Waals surface area contributed by atoms with E-state index in [0.29, 0.717) is 16.3 Å². The van der Waals surface area contributed by atoms with Gasteiger partial charge in [0, 0.05) is 17.3 Å².